The first-order valence-corrected chi connectivity index (χ1v) is 9.85. The number of ether oxygens (including phenoxy) is 1. The summed E-state index contributed by atoms with van der Waals surface area (Å²) in [6, 6.07) is 13.1. The number of hydrogen-bond donors (Lipinski definition) is 2. The van der Waals surface area contributed by atoms with Gasteiger partial charge in [-0.1, -0.05) is 36.0 Å². The lowest BCUT2D eigenvalue weighted by molar-refractivity contribution is -0.120. The van der Waals surface area contributed by atoms with E-state index < -0.39 is 5.25 Å². The van der Waals surface area contributed by atoms with E-state index in [1.165, 1.54) is 28.6 Å². The quantitative estimate of drug-likeness (QED) is 0.455. The number of nitrogen functional groups attached to an aromatic ring is 1. The molecule has 0 aliphatic heterocycles. The summed E-state index contributed by atoms with van der Waals surface area (Å²) in [5.74, 6) is 6.73. The topological polar surface area (TPSA) is 95.1 Å². The molecule has 1 aromatic heterocycles. The molecule has 7 nitrogen and oxygen atoms in total. The summed E-state index contributed by atoms with van der Waals surface area (Å²) >= 11 is 1.20. The summed E-state index contributed by atoms with van der Waals surface area (Å²) in [5, 5.41) is 11.1. The number of carbonyl (C=O) groups excluding carboxylic acids is 1. The van der Waals surface area contributed by atoms with Crippen LogP contribution in [0, 0.1) is 5.82 Å². The molecule has 3 aromatic rings. The summed E-state index contributed by atoms with van der Waals surface area (Å²) < 4.78 is 19.8. The molecule has 0 saturated heterocycles. The number of nitrogens with two attached hydrogens (primary N) is 1. The molecular weight excluding hydrogens is 393 g/mol. The van der Waals surface area contributed by atoms with Gasteiger partial charge in [0.25, 0.3) is 0 Å². The standard InChI is InChI=1S/C20H22FN5O2S/c1-12(14-8-10-15(21)11-9-14)23-19(27)13(2)29-20-25-24-18(26(20)22)16-6-4-5-7-17(16)28-3/h4-13H,22H2,1-3H3,(H,23,27). The molecule has 0 fully saturated rings. The van der Waals surface area contributed by atoms with Crippen LogP contribution in [0.15, 0.2) is 53.7 Å². The molecule has 3 N–H and O–H groups in total. The highest BCUT2D eigenvalue weighted by molar-refractivity contribution is 8.00. The molecule has 2 aromatic carbocycles. The highest BCUT2D eigenvalue weighted by Gasteiger charge is 2.22. The van der Waals surface area contributed by atoms with Crippen LogP contribution in [0.25, 0.3) is 11.4 Å². The second-order valence-corrected chi connectivity index (χ2v) is 7.73. The Balaban J connectivity index is 1.69. The van der Waals surface area contributed by atoms with Crippen molar-refractivity contribution in [1.29, 1.82) is 0 Å². The molecule has 2 atom stereocenters. The van der Waals surface area contributed by atoms with E-state index in [0.717, 1.165) is 5.56 Å². The van der Waals surface area contributed by atoms with E-state index in [4.69, 9.17) is 10.6 Å². The largest absolute Gasteiger partial charge is 0.496 e. The minimum Gasteiger partial charge on any atom is -0.496 e. The van der Waals surface area contributed by atoms with Crippen LogP contribution in [0.1, 0.15) is 25.5 Å². The molecule has 9 heteroatoms. The van der Waals surface area contributed by atoms with Crippen LogP contribution in [0.3, 0.4) is 0 Å². The van der Waals surface area contributed by atoms with Crippen molar-refractivity contribution in [1.82, 2.24) is 20.2 Å². The predicted octanol–water partition coefficient (Wildman–Crippen LogP) is 3.16. The molecule has 0 aliphatic rings. The van der Waals surface area contributed by atoms with Crippen molar-refractivity contribution in [2.45, 2.75) is 30.3 Å². The number of thioether (sulfide) groups is 1. The van der Waals surface area contributed by atoms with Crippen LogP contribution in [-0.4, -0.2) is 33.1 Å². The smallest absolute Gasteiger partial charge is 0.233 e. The van der Waals surface area contributed by atoms with Crippen LogP contribution in [0.4, 0.5) is 4.39 Å². The number of halogens is 1. The molecule has 1 heterocycles. The number of benzene rings is 2. The van der Waals surface area contributed by atoms with Gasteiger partial charge in [-0.3, -0.25) is 4.79 Å². The van der Waals surface area contributed by atoms with Gasteiger partial charge in [0, 0.05) is 0 Å². The fourth-order valence-corrected chi connectivity index (χ4v) is 3.53. The number of carbonyl (C=O) groups is 1. The Hall–Kier alpha value is -3.07. The number of aromatic nitrogens is 3. The summed E-state index contributed by atoms with van der Waals surface area (Å²) in [6.45, 7) is 3.60. The molecular formula is C20H22FN5O2S. The Labute approximate surface area is 172 Å². The average molecular weight is 415 g/mol. The SMILES string of the molecule is COc1ccccc1-c1nnc(SC(C)C(=O)NC(C)c2ccc(F)cc2)n1N. The number of para-hydroxylation sites is 1. The zero-order chi connectivity index (χ0) is 21.0. The zero-order valence-electron chi connectivity index (χ0n) is 16.3. The Morgan fingerprint density at radius 1 is 1.17 bits per heavy atom. The monoisotopic (exact) mass is 415 g/mol. The van der Waals surface area contributed by atoms with Crippen molar-refractivity contribution in [3.8, 4) is 17.1 Å². The van der Waals surface area contributed by atoms with Crippen molar-refractivity contribution in [2.24, 2.45) is 0 Å². The second kappa shape index (κ2) is 8.95. The molecule has 0 radical (unpaired) electrons. The van der Waals surface area contributed by atoms with Gasteiger partial charge in [-0.25, -0.2) is 9.07 Å². The minimum absolute atomic E-state index is 0.186. The van der Waals surface area contributed by atoms with Gasteiger partial charge in [-0.2, -0.15) is 0 Å². The van der Waals surface area contributed by atoms with Crippen LogP contribution in [-0.2, 0) is 4.79 Å². The number of nitrogens with zero attached hydrogens (tertiary/aromatic N) is 3. The maximum Gasteiger partial charge on any atom is 0.233 e. The first-order chi connectivity index (χ1) is 13.9. The van der Waals surface area contributed by atoms with E-state index in [1.807, 2.05) is 31.2 Å². The lowest BCUT2D eigenvalue weighted by atomic mass is 10.1. The highest BCUT2D eigenvalue weighted by atomic mass is 32.2. The molecule has 1 amide bonds. The van der Waals surface area contributed by atoms with Gasteiger partial charge in [0.1, 0.15) is 11.6 Å². The number of methoxy groups -OCH3 is 1. The fourth-order valence-electron chi connectivity index (χ4n) is 2.75. The average Bonchev–Trinajstić information content (AvgIpc) is 3.08. The van der Waals surface area contributed by atoms with E-state index in [2.05, 4.69) is 15.5 Å². The third-order valence-electron chi connectivity index (χ3n) is 4.39. The third kappa shape index (κ3) is 4.68. The maximum absolute atomic E-state index is 13.1. The van der Waals surface area contributed by atoms with E-state index in [0.29, 0.717) is 22.3 Å². The first kappa shape index (κ1) is 20.7. The Kier molecular flexibility index (Phi) is 6.38. The minimum atomic E-state index is -0.463. The number of hydrogen-bond acceptors (Lipinski definition) is 6. The van der Waals surface area contributed by atoms with Gasteiger partial charge in [-0.15, -0.1) is 10.2 Å². The van der Waals surface area contributed by atoms with E-state index >= 15 is 0 Å². The molecule has 0 saturated carbocycles. The summed E-state index contributed by atoms with van der Waals surface area (Å²) in [7, 11) is 1.57. The number of amides is 1. The van der Waals surface area contributed by atoms with Crippen molar-refractivity contribution >= 4 is 17.7 Å². The molecule has 2 unspecified atom stereocenters. The van der Waals surface area contributed by atoms with Gasteiger partial charge in [-0.05, 0) is 43.7 Å². The highest BCUT2D eigenvalue weighted by Crippen LogP contribution is 2.30. The predicted molar refractivity (Wildman–Crippen MR) is 110 cm³/mol. The van der Waals surface area contributed by atoms with Crippen molar-refractivity contribution in [3.05, 3.63) is 59.9 Å². The Bertz CT molecular complexity index is 993. The molecule has 0 aliphatic carbocycles. The van der Waals surface area contributed by atoms with Gasteiger partial charge in [0.2, 0.25) is 11.1 Å². The zero-order valence-corrected chi connectivity index (χ0v) is 17.1. The van der Waals surface area contributed by atoms with Crippen molar-refractivity contribution in [3.63, 3.8) is 0 Å². The molecule has 3 rings (SSSR count). The lowest BCUT2D eigenvalue weighted by Gasteiger charge is -2.17. The summed E-state index contributed by atoms with van der Waals surface area (Å²) in [6.07, 6.45) is 0. The summed E-state index contributed by atoms with van der Waals surface area (Å²) in [5.41, 5.74) is 1.52. The Morgan fingerprint density at radius 2 is 1.86 bits per heavy atom. The molecule has 29 heavy (non-hydrogen) atoms. The summed E-state index contributed by atoms with van der Waals surface area (Å²) in [4.78, 5) is 12.6. The van der Waals surface area contributed by atoms with E-state index in [1.54, 1.807) is 26.2 Å². The van der Waals surface area contributed by atoms with Crippen LogP contribution < -0.4 is 15.9 Å². The lowest BCUT2D eigenvalue weighted by Crippen LogP contribution is -2.33. The van der Waals surface area contributed by atoms with Crippen LogP contribution in [0.5, 0.6) is 5.75 Å². The van der Waals surface area contributed by atoms with Gasteiger partial charge in [0.05, 0.1) is 24.0 Å². The normalized spacial score (nSPS) is 13.0. The van der Waals surface area contributed by atoms with E-state index in [-0.39, 0.29) is 17.8 Å². The van der Waals surface area contributed by atoms with Gasteiger partial charge in [0.15, 0.2) is 5.82 Å². The van der Waals surface area contributed by atoms with Crippen molar-refractivity contribution in [2.75, 3.05) is 13.0 Å². The molecule has 152 valence electrons. The second-order valence-electron chi connectivity index (χ2n) is 6.42. The molecule has 0 spiro atoms. The van der Waals surface area contributed by atoms with Crippen LogP contribution >= 0.6 is 11.8 Å². The van der Waals surface area contributed by atoms with Crippen LogP contribution in [0.2, 0.25) is 0 Å². The van der Waals surface area contributed by atoms with Gasteiger partial charge < -0.3 is 15.9 Å². The number of nitrogens with one attached hydrogen (secondary N) is 1. The third-order valence-corrected chi connectivity index (χ3v) is 5.45. The van der Waals surface area contributed by atoms with Gasteiger partial charge >= 0.3 is 0 Å². The van der Waals surface area contributed by atoms with Crippen molar-refractivity contribution < 1.29 is 13.9 Å². The molecule has 0 bridgehead atoms. The fraction of sp³-hybridized carbons (Fsp3) is 0.250. The maximum atomic E-state index is 13.1. The Morgan fingerprint density at radius 3 is 2.55 bits per heavy atom. The van der Waals surface area contributed by atoms with E-state index in [9.17, 15) is 9.18 Å². The number of rotatable bonds is 7. The first-order valence-electron chi connectivity index (χ1n) is 8.97.